The molecule has 5 nitrogen and oxygen atoms in total. The van der Waals surface area contributed by atoms with E-state index in [1.165, 1.54) is 23.1 Å². The molecule has 0 fully saturated rings. The number of hydrogen-bond acceptors (Lipinski definition) is 5. The van der Waals surface area contributed by atoms with Crippen LogP contribution in [0.25, 0.3) is 0 Å². The van der Waals surface area contributed by atoms with E-state index in [4.69, 9.17) is 9.84 Å². The van der Waals surface area contributed by atoms with E-state index in [0.717, 1.165) is 11.3 Å². The summed E-state index contributed by atoms with van der Waals surface area (Å²) in [5.74, 6) is 0.188. The van der Waals surface area contributed by atoms with Crippen LogP contribution in [0.5, 0.6) is 5.75 Å². The summed E-state index contributed by atoms with van der Waals surface area (Å²) in [6, 6.07) is 8.37. The number of rotatable bonds is 6. The van der Waals surface area contributed by atoms with Gasteiger partial charge < -0.3 is 9.84 Å². The monoisotopic (exact) mass is 293 g/mol. The van der Waals surface area contributed by atoms with Gasteiger partial charge in [0, 0.05) is 15.8 Å². The first-order valence-corrected chi connectivity index (χ1v) is 7.04. The predicted octanol–water partition coefficient (Wildman–Crippen LogP) is 3.29. The van der Waals surface area contributed by atoms with Gasteiger partial charge in [0.2, 0.25) is 0 Å². The van der Waals surface area contributed by atoms with Crippen molar-refractivity contribution in [2.24, 2.45) is 0 Å². The molecule has 0 bridgehead atoms. The lowest BCUT2D eigenvalue weighted by molar-refractivity contribution is -0.386. The predicted molar refractivity (Wildman–Crippen MR) is 77.0 cm³/mol. The molecule has 0 spiro atoms. The number of aryl methyl sites for hydroxylation is 1. The Labute approximate surface area is 120 Å². The fraction of sp³-hybridized carbons (Fsp3) is 0.286. The molecule has 1 heterocycles. The van der Waals surface area contributed by atoms with Crippen molar-refractivity contribution in [2.45, 2.75) is 26.6 Å². The third kappa shape index (κ3) is 3.34. The smallest absolute Gasteiger partial charge is 0.310 e. The maximum atomic E-state index is 10.9. The minimum absolute atomic E-state index is 0.0885. The molecule has 1 N–H and O–H groups in total. The first-order chi connectivity index (χ1) is 9.63. The molecule has 0 radical (unpaired) electrons. The number of thiophene rings is 1. The van der Waals surface area contributed by atoms with Gasteiger partial charge in [0.05, 0.1) is 11.5 Å². The highest BCUT2D eigenvalue weighted by Crippen LogP contribution is 2.29. The second-order valence-electron chi connectivity index (χ2n) is 4.23. The number of nitrogens with zero attached hydrogens (tertiary/aromatic N) is 1. The standard InChI is InChI=1S/C14H15NO4S/c1-2-11-4-5-12(20-11)9-19-14-7-10(8-16)3-6-13(14)15(17)18/h3-7,16H,2,8-9H2,1H3. The quantitative estimate of drug-likeness (QED) is 0.655. The topological polar surface area (TPSA) is 72.6 Å². The normalized spacial score (nSPS) is 10.5. The van der Waals surface area contributed by atoms with Crippen LogP contribution in [0.2, 0.25) is 0 Å². The molecule has 2 aromatic rings. The molecule has 0 aliphatic rings. The van der Waals surface area contributed by atoms with Gasteiger partial charge in [-0.05, 0) is 36.2 Å². The van der Waals surface area contributed by atoms with Gasteiger partial charge in [0.25, 0.3) is 0 Å². The van der Waals surface area contributed by atoms with Crippen molar-refractivity contribution in [1.29, 1.82) is 0 Å². The van der Waals surface area contributed by atoms with Crippen LogP contribution in [0.1, 0.15) is 22.2 Å². The number of nitro groups is 1. The zero-order valence-electron chi connectivity index (χ0n) is 11.0. The highest BCUT2D eigenvalue weighted by Gasteiger charge is 2.15. The molecular weight excluding hydrogens is 278 g/mol. The lowest BCUT2D eigenvalue weighted by Gasteiger charge is -2.07. The molecule has 0 amide bonds. The lowest BCUT2D eigenvalue weighted by atomic mass is 10.2. The fourth-order valence-electron chi connectivity index (χ4n) is 1.76. The van der Waals surface area contributed by atoms with Crippen molar-refractivity contribution < 1.29 is 14.8 Å². The van der Waals surface area contributed by atoms with Crippen molar-refractivity contribution in [2.75, 3.05) is 0 Å². The van der Waals surface area contributed by atoms with E-state index >= 15 is 0 Å². The Morgan fingerprint density at radius 1 is 1.30 bits per heavy atom. The Bertz CT molecular complexity index is 609. The van der Waals surface area contributed by atoms with Crippen LogP contribution in [0, 0.1) is 10.1 Å². The van der Waals surface area contributed by atoms with Crippen molar-refractivity contribution >= 4 is 17.0 Å². The highest BCUT2D eigenvalue weighted by molar-refractivity contribution is 7.11. The molecule has 0 aliphatic carbocycles. The summed E-state index contributed by atoms with van der Waals surface area (Å²) in [6.45, 7) is 2.19. The Balaban J connectivity index is 2.16. The van der Waals surface area contributed by atoms with Gasteiger partial charge in [-0.15, -0.1) is 11.3 Å². The summed E-state index contributed by atoms with van der Waals surface area (Å²) in [5.41, 5.74) is 0.500. The van der Waals surface area contributed by atoms with E-state index in [-0.39, 0.29) is 18.0 Å². The van der Waals surface area contributed by atoms with Gasteiger partial charge >= 0.3 is 5.69 Å². The van der Waals surface area contributed by atoms with Gasteiger partial charge in [-0.2, -0.15) is 0 Å². The second kappa shape index (κ2) is 6.49. The molecule has 0 unspecified atom stereocenters. The van der Waals surface area contributed by atoms with Crippen LogP contribution >= 0.6 is 11.3 Å². The summed E-state index contributed by atoms with van der Waals surface area (Å²) in [7, 11) is 0. The Morgan fingerprint density at radius 3 is 2.65 bits per heavy atom. The molecule has 1 aromatic heterocycles. The minimum Gasteiger partial charge on any atom is -0.481 e. The molecule has 0 saturated carbocycles. The van der Waals surface area contributed by atoms with Gasteiger partial charge in [-0.3, -0.25) is 10.1 Å². The van der Waals surface area contributed by atoms with Crippen LogP contribution in [0.3, 0.4) is 0 Å². The van der Waals surface area contributed by atoms with Crippen LogP contribution in [0.4, 0.5) is 5.69 Å². The van der Waals surface area contributed by atoms with E-state index in [9.17, 15) is 10.1 Å². The first-order valence-electron chi connectivity index (χ1n) is 6.22. The fourth-order valence-corrected chi connectivity index (χ4v) is 2.63. The SMILES string of the molecule is CCc1ccc(COc2cc(CO)ccc2[N+](=O)[O-])s1. The zero-order chi connectivity index (χ0) is 14.5. The van der Waals surface area contributed by atoms with Crippen LogP contribution in [0.15, 0.2) is 30.3 Å². The van der Waals surface area contributed by atoms with Crippen molar-refractivity contribution in [3.05, 3.63) is 55.8 Å². The highest BCUT2D eigenvalue weighted by atomic mass is 32.1. The summed E-state index contributed by atoms with van der Waals surface area (Å²) >= 11 is 1.63. The average Bonchev–Trinajstić information content (AvgIpc) is 2.92. The first kappa shape index (κ1) is 14.5. The largest absolute Gasteiger partial charge is 0.481 e. The lowest BCUT2D eigenvalue weighted by Crippen LogP contribution is -1.99. The van der Waals surface area contributed by atoms with Gasteiger partial charge in [0.15, 0.2) is 5.75 Å². The average molecular weight is 293 g/mol. The third-order valence-electron chi connectivity index (χ3n) is 2.84. The number of aliphatic hydroxyl groups is 1. The Hall–Kier alpha value is -1.92. The molecule has 0 aliphatic heterocycles. The van der Waals surface area contributed by atoms with Crippen LogP contribution in [-0.4, -0.2) is 10.0 Å². The van der Waals surface area contributed by atoms with Crippen molar-refractivity contribution in [3.63, 3.8) is 0 Å². The summed E-state index contributed by atoms with van der Waals surface area (Å²) < 4.78 is 5.54. The molecule has 0 saturated heterocycles. The molecule has 0 atom stereocenters. The molecule has 2 rings (SSSR count). The minimum atomic E-state index is -0.484. The van der Waals surface area contributed by atoms with E-state index in [1.54, 1.807) is 11.3 Å². The maximum Gasteiger partial charge on any atom is 0.310 e. The molecule has 1 aromatic carbocycles. The zero-order valence-corrected chi connectivity index (χ0v) is 11.9. The van der Waals surface area contributed by atoms with Crippen molar-refractivity contribution in [3.8, 4) is 5.75 Å². The molecule has 20 heavy (non-hydrogen) atoms. The molecular formula is C14H15NO4S. The number of benzene rings is 1. The van der Waals surface area contributed by atoms with E-state index in [0.29, 0.717) is 12.2 Å². The number of nitro benzene ring substituents is 1. The summed E-state index contributed by atoms with van der Waals surface area (Å²) in [4.78, 5) is 12.7. The Kier molecular flexibility index (Phi) is 4.70. The summed E-state index contributed by atoms with van der Waals surface area (Å²) in [5, 5.41) is 20.0. The second-order valence-corrected chi connectivity index (χ2v) is 5.48. The number of aliphatic hydroxyl groups excluding tert-OH is 1. The van der Waals surface area contributed by atoms with Crippen molar-refractivity contribution in [1.82, 2.24) is 0 Å². The van der Waals surface area contributed by atoms with Gasteiger partial charge in [-0.1, -0.05) is 6.92 Å². The summed E-state index contributed by atoms with van der Waals surface area (Å²) in [6.07, 6.45) is 0.963. The molecule has 106 valence electrons. The Morgan fingerprint density at radius 2 is 2.05 bits per heavy atom. The van der Waals surface area contributed by atoms with E-state index < -0.39 is 4.92 Å². The van der Waals surface area contributed by atoms with Crippen LogP contribution < -0.4 is 4.74 Å². The van der Waals surface area contributed by atoms with Crippen LogP contribution in [-0.2, 0) is 19.6 Å². The maximum absolute atomic E-state index is 10.9. The number of ether oxygens (including phenoxy) is 1. The van der Waals surface area contributed by atoms with Gasteiger partial charge in [-0.25, -0.2) is 0 Å². The van der Waals surface area contributed by atoms with Gasteiger partial charge in [0.1, 0.15) is 6.61 Å². The third-order valence-corrected chi connectivity index (χ3v) is 4.04. The van der Waals surface area contributed by atoms with E-state index in [2.05, 4.69) is 6.92 Å². The van der Waals surface area contributed by atoms with E-state index in [1.807, 2.05) is 12.1 Å². The number of hydrogen-bond donors (Lipinski definition) is 1. The molecule has 6 heteroatoms.